The molecule has 0 aliphatic heterocycles. The molecule has 0 aliphatic carbocycles. The summed E-state index contributed by atoms with van der Waals surface area (Å²) in [6, 6.07) is 19.2. The van der Waals surface area contributed by atoms with Crippen molar-refractivity contribution in [2.75, 3.05) is 12.4 Å². The number of rotatable bonds is 5. The molecule has 0 amide bonds. The highest BCUT2D eigenvalue weighted by atomic mass is 79.9. The van der Waals surface area contributed by atoms with Gasteiger partial charge in [0.15, 0.2) is 5.69 Å². The van der Waals surface area contributed by atoms with Crippen LogP contribution in [0.25, 0.3) is 10.9 Å². The molecular weight excluding hydrogens is 495 g/mol. The van der Waals surface area contributed by atoms with Crippen molar-refractivity contribution in [2.45, 2.75) is 6.54 Å². The van der Waals surface area contributed by atoms with Gasteiger partial charge in [0.1, 0.15) is 11.6 Å². The molecule has 1 aromatic heterocycles. The Morgan fingerprint density at radius 3 is 2.69 bits per heavy atom. The molecule has 0 aliphatic rings. The molecule has 32 heavy (non-hydrogen) atoms. The fraction of sp³-hybridized carbons (Fsp3) is 0.0870. The molecule has 0 unspecified atom stereocenters. The number of azo groups is 1. The SMILES string of the molecule is COc1ccccc1NC(=S)N=Nc1c(O)n(Cc2ccccc2F)c2ccc(Br)cc12. The number of para-hydroxylation sites is 2. The lowest BCUT2D eigenvalue weighted by Crippen LogP contribution is -2.06. The van der Waals surface area contributed by atoms with Crippen LogP contribution in [0.2, 0.25) is 0 Å². The summed E-state index contributed by atoms with van der Waals surface area (Å²) in [5.74, 6) is 0.125. The Morgan fingerprint density at radius 1 is 1.16 bits per heavy atom. The molecule has 1 heterocycles. The minimum absolute atomic E-state index is 0.0962. The molecule has 162 valence electrons. The van der Waals surface area contributed by atoms with E-state index in [1.54, 1.807) is 42.0 Å². The standard InChI is InChI=1S/C23H18BrFN4O2S/c1-31-20-9-5-4-8-18(20)26-23(32)28-27-21-16-12-15(24)10-11-19(16)29(22(21)30)13-14-6-2-3-7-17(14)25/h2-12,30H,13H2,1H3,(H,26,32). The van der Waals surface area contributed by atoms with Gasteiger partial charge in [0, 0.05) is 15.4 Å². The van der Waals surface area contributed by atoms with Gasteiger partial charge in [-0.1, -0.05) is 46.3 Å². The number of aromatic hydroxyl groups is 1. The topological polar surface area (TPSA) is 71.1 Å². The number of nitrogens with zero attached hydrogens (tertiary/aromatic N) is 3. The fourth-order valence-electron chi connectivity index (χ4n) is 3.33. The van der Waals surface area contributed by atoms with Gasteiger partial charge in [-0.3, -0.25) is 0 Å². The summed E-state index contributed by atoms with van der Waals surface area (Å²) >= 11 is 8.73. The van der Waals surface area contributed by atoms with E-state index in [1.807, 2.05) is 30.3 Å². The number of halogens is 2. The second kappa shape index (κ2) is 9.46. The van der Waals surface area contributed by atoms with Crippen LogP contribution in [0.1, 0.15) is 5.56 Å². The maximum atomic E-state index is 14.2. The first-order valence-electron chi connectivity index (χ1n) is 9.58. The average molecular weight is 513 g/mol. The Kier molecular flexibility index (Phi) is 6.48. The zero-order valence-corrected chi connectivity index (χ0v) is 19.3. The lowest BCUT2D eigenvalue weighted by atomic mass is 10.2. The number of ether oxygens (including phenoxy) is 1. The number of methoxy groups -OCH3 is 1. The minimum atomic E-state index is -0.351. The highest BCUT2D eigenvalue weighted by Crippen LogP contribution is 2.40. The predicted molar refractivity (Wildman–Crippen MR) is 131 cm³/mol. The Hall–Kier alpha value is -3.30. The van der Waals surface area contributed by atoms with Crippen LogP contribution in [-0.4, -0.2) is 21.9 Å². The van der Waals surface area contributed by atoms with Crippen molar-refractivity contribution in [3.63, 3.8) is 0 Å². The van der Waals surface area contributed by atoms with Gasteiger partial charge >= 0.3 is 0 Å². The van der Waals surface area contributed by atoms with Gasteiger partial charge in [0.05, 0.1) is 24.9 Å². The van der Waals surface area contributed by atoms with Crippen molar-refractivity contribution in [3.8, 4) is 11.6 Å². The van der Waals surface area contributed by atoms with Crippen LogP contribution in [0.3, 0.4) is 0 Å². The molecule has 0 fully saturated rings. The largest absolute Gasteiger partial charge is 0.495 e. The number of benzene rings is 3. The van der Waals surface area contributed by atoms with Gasteiger partial charge < -0.3 is 19.7 Å². The second-order valence-corrected chi connectivity index (χ2v) is 8.14. The van der Waals surface area contributed by atoms with E-state index in [9.17, 15) is 9.50 Å². The van der Waals surface area contributed by atoms with Gasteiger partial charge in [-0.05, 0) is 48.6 Å². The molecule has 0 bridgehead atoms. The van der Waals surface area contributed by atoms with E-state index in [-0.39, 0.29) is 29.0 Å². The van der Waals surface area contributed by atoms with Crippen LogP contribution in [0, 0.1) is 5.82 Å². The lowest BCUT2D eigenvalue weighted by Gasteiger charge is -2.08. The van der Waals surface area contributed by atoms with Gasteiger partial charge in [-0.15, -0.1) is 10.2 Å². The van der Waals surface area contributed by atoms with E-state index in [0.29, 0.717) is 27.9 Å². The van der Waals surface area contributed by atoms with E-state index >= 15 is 0 Å². The van der Waals surface area contributed by atoms with Crippen LogP contribution < -0.4 is 10.1 Å². The number of thiocarbonyl (C=S) groups is 1. The second-order valence-electron chi connectivity index (χ2n) is 6.84. The van der Waals surface area contributed by atoms with Crippen LogP contribution in [0.5, 0.6) is 11.6 Å². The van der Waals surface area contributed by atoms with Crippen LogP contribution in [0.4, 0.5) is 15.8 Å². The molecular formula is C23H18BrFN4O2S. The molecule has 0 saturated carbocycles. The molecule has 0 atom stereocenters. The van der Waals surface area contributed by atoms with E-state index in [4.69, 9.17) is 17.0 Å². The Labute approximate surface area is 197 Å². The highest BCUT2D eigenvalue weighted by Gasteiger charge is 2.18. The van der Waals surface area contributed by atoms with Gasteiger partial charge in [-0.2, -0.15) is 0 Å². The van der Waals surface area contributed by atoms with Crippen molar-refractivity contribution in [1.82, 2.24) is 4.57 Å². The third kappa shape index (κ3) is 4.49. The molecule has 6 nitrogen and oxygen atoms in total. The quantitative estimate of drug-likeness (QED) is 0.228. The third-order valence-corrected chi connectivity index (χ3v) is 5.52. The summed E-state index contributed by atoms with van der Waals surface area (Å²) in [6.07, 6.45) is 0. The first-order chi connectivity index (χ1) is 15.5. The summed E-state index contributed by atoms with van der Waals surface area (Å²) in [7, 11) is 1.56. The number of anilines is 1. The Bertz CT molecular complexity index is 1340. The smallest absolute Gasteiger partial charge is 0.221 e. The third-order valence-electron chi connectivity index (χ3n) is 4.85. The Morgan fingerprint density at radius 2 is 1.91 bits per heavy atom. The molecule has 3 aromatic carbocycles. The van der Waals surface area contributed by atoms with E-state index in [0.717, 1.165) is 4.47 Å². The normalized spacial score (nSPS) is 11.2. The highest BCUT2D eigenvalue weighted by molar-refractivity contribution is 9.10. The van der Waals surface area contributed by atoms with Crippen molar-refractivity contribution in [3.05, 3.63) is 82.6 Å². The molecule has 4 rings (SSSR count). The van der Waals surface area contributed by atoms with Crippen LogP contribution in [-0.2, 0) is 6.54 Å². The van der Waals surface area contributed by atoms with E-state index < -0.39 is 0 Å². The van der Waals surface area contributed by atoms with Crippen LogP contribution >= 0.6 is 28.1 Å². The Balaban J connectivity index is 1.69. The van der Waals surface area contributed by atoms with Crippen LogP contribution in [0.15, 0.2) is 81.4 Å². The molecule has 0 spiro atoms. The van der Waals surface area contributed by atoms with Crippen molar-refractivity contribution < 1.29 is 14.2 Å². The monoisotopic (exact) mass is 512 g/mol. The molecule has 0 saturated heterocycles. The zero-order valence-electron chi connectivity index (χ0n) is 16.9. The summed E-state index contributed by atoms with van der Waals surface area (Å²) < 4.78 is 21.9. The number of hydrogen-bond donors (Lipinski definition) is 2. The zero-order chi connectivity index (χ0) is 22.7. The van der Waals surface area contributed by atoms with E-state index in [2.05, 4.69) is 31.5 Å². The summed E-state index contributed by atoms with van der Waals surface area (Å²) in [5, 5.41) is 22.9. The van der Waals surface area contributed by atoms with Crippen molar-refractivity contribution in [2.24, 2.45) is 10.2 Å². The minimum Gasteiger partial charge on any atom is -0.495 e. The number of fused-ring (bicyclic) bond motifs is 1. The summed E-state index contributed by atoms with van der Waals surface area (Å²) in [6.45, 7) is 0.135. The lowest BCUT2D eigenvalue weighted by molar-refractivity contribution is 0.417. The van der Waals surface area contributed by atoms with Gasteiger partial charge in [0.2, 0.25) is 11.0 Å². The van der Waals surface area contributed by atoms with Gasteiger partial charge in [0.25, 0.3) is 0 Å². The van der Waals surface area contributed by atoms with E-state index in [1.165, 1.54) is 6.07 Å². The van der Waals surface area contributed by atoms with Gasteiger partial charge in [-0.25, -0.2) is 4.39 Å². The summed E-state index contributed by atoms with van der Waals surface area (Å²) in [5.41, 5.74) is 2.01. The summed E-state index contributed by atoms with van der Waals surface area (Å²) in [4.78, 5) is 0. The predicted octanol–water partition coefficient (Wildman–Crippen LogP) is 6.79. The maximum Gasteiger partial charge on any atom is 0.221 e. The molecule has 4 aromatic rings. The fourth-order valence-corrected chi connectivity index (χ4v) is 3.85. The van der Waals surface area contributed by atoms with Crippen molar-refractivity contribution in [1.29, 1.82) is 0 Å². The number of hydrogen-bond acceptors (Lipinski definition) is 4. The molecule has 2 N–H and O–H groups in total. The number of nitrogens with one attached hydrogen (secondary N) is 1. The van der Waals surface area contributed by atoms with Crippen molar-refractivity contribution >= 4 is 55.5 Å². The molecule has 9 heteroatoms. The first kappa shape index (κ1) is 21.9. The molecule has 0 radical (unpaired) electrons. The average Bonchev–Trinajstić information content (AvgIpc) is 3.04. The maximum absolute atomic E-state index is 14.2. The first-order valence-corrected chi connectivity index (χ1v) is 10.8. The number of aromatic nitrogens is 1.